The molecule has 112 valence electrons. The molecule has 0 heterocycles. The van der Waals surface area contributed by atoms with Gasteiger partial charge in [0.15, 0.2) is 6.29 Å². The zero-order valence-corrected chi connectivity index (χ0v) is 12.7. The molecule has 1 aromatic rings. The average molecular weight is 277 g/mol. The Balaban J connectivity index is 2.06. The van der Waals surface area contributed by atoms with Crippen LogP contribution in [0, 0.1) is 0 Å². The summed E-state index contributed by atoms with van der Waals surface area (Å²) < 4.78 is 11.0. The predicted molar refractivity (Wildman–Crippen MR) is 83.3 cm³/mol. The third kappa shape index (κ3) is 7.97. The third-order valence-corrected chi connectivity index (χ3v) is 2.90. The van der Waals surface area contributed by atoms with Gasteiger partial charge in [-0.2, -0.15) is 0 Å². The Morgan fingerprint density at radius 3 is 2.45 bits per heavy atom. The van der Waals surface area contributed by atoms with E-state index in [9.17, 15) is 0 Å². The second-order valence-corrected chi connectivity index (χ2v) is 4.54. The Kier molecular flexibility index (Phi) is 9.62. The first kappa shape index (κ1) is 16.7. The molecule has 1 N–H and O–H groups in total. The first-order valence-electron chi connectivity index (χ1n) is 7.52. The fourth-order valence-corrected chi connectivity index (χ4v) is 1.93. The van der Waals surface area contributed by atoms with Gasteiger partial charge in [0, 0.05) is 19.8 Å². The summed E-state index contributed by atoms with van der Waals surface area (Å²) in [5.74, 6) is 0. The van der Waals surface area contributed by atoms with E-state index in [0.29, 0.717) is 13.2 Å². The Bertz CT molecular complexity index is 345. The van der Waals surface area contributed by atoms with Crippen LogP contribution in [0.25, 0.3) is 0 Å². The summed E-state index contributed by atoms with van der Waals surface area (Å²) in [5.41, 5.74) is 1.30. The maximum atomic E-state index is 5.51. The summed E-state index contributed by atoms with van der Waals surface area (Å²) in [7, 11) is 0. The molecule has 20 heavy (non-hydrogen) atoms. The topological polar surface area (TPSA) is 30.5 Å². The molecule has 0 aliphatic carbocycles. The highest BCUT2D eigenvalue weighted by Gasteiger charge is 2.05. The predicted octanol–water partition coefficient (Wildman–Crippen LogP) is 3.86. The van der Waals surface area contributed by atoms with E-state index < -0.39 is 0 Å². The Labute approximate surface area is 123 Å². The molecule has 3 heteroatoms. The summed E-state index contributed by atoms with van der Waals surface area (Å²) >= 11 is 0. The van der Waals surface area contributed by atoms with Gasteiger partial charge in [0.2, 0.25) is 0 Å². The molecule has 0 aromatic heterocycles. The van der Waals surface area contributed by atoms with E-state index in [1.54, 1.807) is 0 Å². The van der Waals surface area contributed by atoms with Crippen molar-refractivity contribution in [2.75, 3.05) is 13.2 Å². The SMILES string of the molecule is CCOC(CCCC=CNCc1ccccc1)OCC. The van der Waals surface area contributed by atoms with Crippen molar-refractivity contribution in [2.45, 2.75) is 45.9 Å². The molecule has 0 spiro atoms. The lowest BCUT2D eigenvalue weighted by atomic mass is 10.2. The maximum absolute atomic E-state index is 5.51. The van der Waals surface area contributed by atoms with Crippen molar-refractivity contribution in [3.63, 3.8) is 0 Å². The summed E-state index contributed by atoms with van der Waals surface area (Å²) in [4.78, 5) is 0. The quantitative estimate of drug-likeness (QED) is 0.492. The number of hydrogen-bond acceptors (Lipinski definition) is 3. The van der Waals surface area contributed by atoms with Crippen LogP contribution in [-0.2, 0) is 16.0 Å². The van der Waals surface area contributed by atoms with Gasteiger partial charge in [-0.3, -0.25) is 0 Å². The van der Waals surface area contributed by atoms with E-state index in [4.69, 9.17) is 9.47 Å². The van der Waals surface area contributed by atoms with E-state index in [2.05, 4.69) is 35.7 Å². The first-order valence-corrected chi connectivity index (χ1v) is 7.52. The maximum Gasteiger partial charge on any atom is 0.157 e. The van der Waals surface area contributed by atoms with Gasteiger partial charge in [-0.25, -0.2) is 0 Å². The zero-order valence-electron chi connectivity index (χ0n) is 12.7. The van der Waals surface area contributed by atoms with Gasteiger partial charge >= 0.3 is 0 Å². The van der Waals surface area contributed by atoms with Crippen molar-refractivity contribution in [3.05, 3.63) is 48.2 Å². The largest absolute Gasteiger partial charge is 0.387 e. The van der Waals surface area contributed by atoms with Gasteiger partial charge in [0.25, 0.3) is 0 Å². The second-order valence-electron chi connectivity index (χ2n) is 4.54. The minimum absolute atomic E-state index is 0.0457. The lowest BCUT2D eigenvalue weighted by molar-refractivity contribution is -0.139. The number of nitrogens with one attached hydrogen (secondary N) is 1. The molecule has 1 rings (SSSR count). The molecule has 0 saturated carbocycles. The summed E-state index contributed by atoms with van der Waals surface area (Å²) in [6, 6.07) is 10.4. The first-order chi connectivity index (χ1) is 9.86. The molecular formula is C17H27NO2. The molecule has 0 aliphatic rings. The standard InChI is InChI=1S/C17H27NO2/c1-3-19-17(20-4-2)13-9-6-10-14-18-15-16-11-7-5-8-12-16/h5,7-8,10-12,14,17-18H,3-4,6,9,13,15H2,1-2H3. The Morgan fingerprint density at radius 2 is 1.80 bits per heavy atom. The molecule has 0 fully saturated rings. The van der Waals surface area contributed by atoms with Crippen molar-refractivity contribution in [2.24, 2.45) is 0 Å². The zero-order chi connectivity index (χ0) is 14.5. The Hall–Kier alpha value is -1.32. The van der Waals surface area contributed by atoms with Gasteiger partial charge in [-0.1, -0.05) is 36.4 Å². The van der Waals surface area contributed by atoms with E-state index in [1.165, 1.54) is 5.56 Å². The van der Waals surface area contributed by atoms with E-state index in [1.807, 2.05) is 26.1 Å². The van der Waals surface area contributed by atoms with Gasteiger partial charge in [-0.05, 0) is 44.9 Å². The van der Waals surface area contributed by atoms with Gasteiger partial charge < -0.3 is 14.8 Å². The third-order valence-electron chi connectivity index (χ3n) is 2.90. The van der Waals surface area contributed by atoms with Gasteiger partial charge in [0.05, 0.1) is 0 Å². The fraction of sp³-hybridized carbons (Fsp3) is 0.529. The van der Waals surface area contributed by atoms with Gasteiger partial charge in [-0.15, -0.1) is 0 Å². The highest BCUT2D eigenvalue weighted by Crippen LogP contribution is 2.07. The van der Waals surface area contributed by atoms with Crippen molar-refractivity contribution >= 4 is 0 Å². The van der Waals surface area contributed by atoms with E-state index in [0.717, 1.165) is 25.8 Å². The monoisotopic (exact) mass is 277 g/mol. The second kappa shape index (κ2) is 11.5. The summed E-state index contributed by atoms with van der Waals surface area (Å²) in [5, 5.41) is 3.30. The van der Waals surface area contributed by atoms with Crippen LogP contribution in [0.15, 0.2) is 42.6 Å². The van der Waals surface area contributed by atoms with Crippen LogP contribution < -0.4 is 5.32 Å². The lowest BCUT2D eigenvalue weighted by Gasteiger charge is -2.16. The van der Waals surface area contributed by atoms with E-state index in [-0.39, 0.29) is 6.29 Å². The molecule has 1 aromatic carbocycles. The molecule has 0 amide bonds. The lowest BCUT2D eigenvalue weighted by Crippen LogP contribution is -2.16. The van der Waals surface area contributed by atoms with Crippen molar-refractivity contribution < 1.29 is 9.47 Å². The van der Waals surface area contributed by atoms with Crippen molar-refractivity contribution in [1.82, 2.24) is 5.32 Å². The molecule has 0 aliphatic heterocycles. The minimum Gasteiger partial charge on any atom is -0.387 e. The highest BCUT2D eigenvalue weighted by molar-refractivity contribution is 5.14. The number of benzene rings is 1. The smallest absolute Gasteiger partial charge is 0.157 e. The van der Waals surface area contributed by atoms with Crippen molar-refractivity contribution in [1.29, 1.82) is 0 Å². The molecule has 0 atom stereocenters. The van der Waals surface area contributed by atoms with Crippen molar-refractivity contribution in [3.8, 4) is 0 Å². The average Bonchev–Trinajstić information content (AvgIpc) is 2.47. The molecular weight excluding hydrogens is 250 g/mol. The van der Waals surface area contributed by atoms with Crippen LogP contribution in [0.1, 0.15) is 38.7 Å². The summed E-state index contributed by atoms with van der Waals surface area (Å²) in [6.45, 7) is 6.29. The number of hydrogen-bond donors (Lipinski definition) is 1. The number of ether oxygens (including phenoxy) is 2. The van der Waals surface area contributed by atoms with Crippen LogP contribution in [0.2, 0.25) is 0 Å². The normalized spacial score (nSPS) is 11.3. The van der Waals surface area contributed by atoms with Crippen LogP contribution in [0.4, 0.5) is 0 Å². The molecule has 0 radical (unpaired) electrons. The highest BCUT2D eigenvalue weighted by atomic mass is 16.7. The van der Waals surface area contributed by atoms with Crippen LogP contribution in [0.3, 0.4) is 0 Å². The molecule has 0 bridgehead atoms. The van der Waals surface area contributed by atoms with Crippen LogP contribution in [0.5, 0.6) is 0 Å². The van der Waals surface area contributed by atoms with E-state index >= 15 is 0 Å². The van der Waals surface area contributed by atoms with Gasteiger partial charge in [0.1, 0.15) is 0 Å². The van der Waals surface area contributed by atoms with Crippen LogP contribution >= 0.6 is 0 Å². The summed E-state index contributed by atoms with van der Waals surface area (Å²) in [6.07, 6.45) is 7.22. The number of unbranched alkanes of at least 4 members (excludes halogenated alkanes) is 1. The minimum atomic E-state index is -0.0457. The Morgan fingerprint density at radius 1 is 1.10 bits per heavy atom. The van der Waals surface area contributed by atoms with Crippen LogP contribution in [-0.4, -0.2) is 19.5 Å². The number of allylic oxidation sites excluding steroid dienone is 1. The number of rotatable bonds is 11. The molecule has 0 saturated heterocycles. The molecule has 3 nitrogen and oxygen atoms in total. The fourth-order valence-electron chi connectivity index (χ4n) is 1.93. The molecule has 0 unspecified atom stereocenters.